The monoisotopic (exact) mass is 314 g/mol. The van der Waals surface area contributed by atoms with Crippen LogP contribution in [0.1, 0.15) is 27.9 Å². The third kappa shape index (κ3) is 3.57. The molecule has 0 atom stereocenters. The van der Waals surface area contributed by atoms with E-state index < -0.39 is 0 Å². The third-order valence-corrected chi connectivity index (χ3v) is 3.20. The lowest BCUT2D eigenvalue weighted by atomic mass is 9.99. The molecule has 0 unspecified atom stereocenters. The molecule has 0 aromatic heterocycles. The minimum absolute atomic E-state index is 0.265. The van der Waals surface area contributed by atoms with Crippen molar-refractivity contribution >= 4 is 27.9 Å². The number of hydrogen-bond donors (Lipinski definition) is 0. The van der Waals surface area contributed by atoms with Crippen molar-refractivity contribution in [3.05, 3.63) is 34.9 Å². The van der Waals surface area contributed by atoms with E-state index in [0.29, 0.717) is 23.7 Å². The van der Waals surface area contributed by atoms with Crippen LogP contribution in [0.4, 0.5) is 0 Å². The molecule has 0 bridgehead atoms. The van der Waals surface area contributed by atoms with Gasteiger partial charge in [-0.15, -0.1) is 0 Å². The van der Waals surface area contributed by atoms with Gasteiger partial charge in [-0.25, -0.2) is 4.79 Å². The lowest BCUT2D eigenvalue weighted by Crippen LogP contribution is -2.09. The van der Waals surface area contributed by atoms with E-state index in [1.54, 1.807) is 12.1 Å². The standard InChI is InChI=1S/C13H15BrO4/c1-17-12(15)7-6-9-4-3-5-10(11(9)8-14)13(16)18-2/h3-5H,6-8H2,1-2H3. The van der Waals surface area contributed by atoms with Crippen LogP contribution in [0.25, 0.3) is 0 Å². The predicted octanol–water partition coefficient (Wildman–Crippen LogP) is 2.47. The van der Waals surface area contributed by atoms with E-state index in [9.17, 15) is 9.59 Å². The predicted molar refractivity (Wildman–Crippen MR) is 70.7 cm³/mol. The first-order valence-corrected chi connectivity index (χ1v) is 6.58. The van der Waals surface area contributed by atoms with Gasteiger partial charge in [0.05, 0.1) is 19.8 Å². The highest BCUT2D eigenvalue weighted by Crippen LogP contribution is 2.20. The molecular weight excluding hydrogens is 300 g/mol. The number of aryl methyl sites for hydroxylation is 1. The second-order valence-electron chi connectivity index (χ2n) is 3.64. The number of ether oxygens (including phenoxy) is 2. The fourth-order valence-electron chi connectivity index (χ4n) is 1.67. The Labute approximate surface area is 114 Å². The molecule has 0 saturated heterocycles. The molecule has 0 radical (unpaired) electrons. The molecule has 0 spiro atoms. The highest BCUT2D eigenvalue weighted by atomic mass is 79.9. The summed E-state index contributed by atoms with van der Waals surface area (Å²) in [5.41, 5.74) is 2.32. The number of halogens is 1. The number of carbonyl (C=O) groups excluding carboxylic acids is 2. The molecule has 0 aliphatic carbocycles. The normalized spacial score (nSPS) is 9.94. The second-order valence-corrected chi connectivity index (χ2v) is 4.21. The molecule has 98 valence electrons. The zero-order chi connectivity index (χ0) is 13.5. The van der Waals surface area contributed by atoms with Gasteiger partial charge in [0.2, 0.25) is 0 Å². The Morgan fingerprint density at radius 2 is 1.94 bits per heavy atom. The third-order valence-electron chi connectivity index (χ3n) is 2.64. The van der Waals surface area contributed by atoms with Crippen molar-refractivity contribution in [1.29, 1.82) is 0 Å². The van der Waals surface area contributed by atoms with Crippen molar-refractivity contribution in [1.82, 2.24) is 0 Å². The molecule has 0 amide bonds. The van der Waals surface area contributed by atoms with E-state index in [1.807, 2.05) is 6.07 Å². The van der Waals surface area contributed by atoms with Gasteiger partial charge in [0, 0.05) is 11.8 Å². The molecule has 5 heteroatoms. The molecule has 0 N–H and O–H groups in total. The first kappa shape index (κ1) is 14.7. The summed E-state index contributed by atoms with van der Waals surface area (Å²) in [5.74, 6) is -0.636. The summed E-state index contributed by atoms with van der Waals surface area (Å²) in [4.78, 5) is 22.7. The van der Waals surface area contributed by atoms with E-state index in [4.69, 9.17) is 4.74 Å². The molecule has 1 rings (SSSR count). The van der Waals surface area contributed by atoms with Crippen LogP contribution in [0.15, 0.2) is 18.2 Å². The number of rotatable bonds is 5. The van der Waals surface area contributed by atoms with Crippen LogP contribution in [0.5, 0.6) is 0 Å². The molecule has 0 heterocycles. The van der Waals surface area contributed by atoms with Gasteiger partial charge in [0.25, 0.3) is 0 Å². The van der Waals surface area contributed by atoms with Crippen LogP contribution in [0, 0.1) is 0 Å². The Morgan fingerprint density at radius 1 is 1.22 bits per heavy atom. The minimum Gasteiger partial charge on any atom is -0.469 e. The lowest BCUT2D eigenvalue weighted by Gasteiger charge is -2.11. The van der Waals surface area contributed by atoms with E-state index in [2.05, 4.69) is 20.7 Å². The van der Waals surface area contributed by atoms with Gasteiger partial charge in [-0.2, -0.15) is 0 Å². The molecule has 0 aliphatic heterocycles. The average molecular weight is 315 g/mol. The summed E-state index contributed by atoms with van der Waals surface area (Å²) in [6.07, 6.45) is 0.833. The molecule has 0 saturated carbocycles. The summed E-state index contributed by atoms with van der Waals surface area (Å²) >= 11 is 3.36. The highest BCUT2D eigenvalue weighted by molar-refractivity contribution is 9.08. The maximum atomic E-state index is 11.6. The zero-order valence-corrected chi connectivity index (χ0v) is 12.0. The first-order valence-electron chi connectivity index (χ1n) is 5.45. The Morgan fingerprint density at radius 3 is 2.50 bits per heavy atom. The fourth-order valence-corrected chi connectivity index (χ4v) is 2.33. The van der Waals surface area contributed by atoms with Crippen molar-refractivity contribution < 1.29 is 19.1 Å². The van der Waals surface area contributed by atoms with Crippen LogP contribution < -0.4 is 0 Å². The highest BCUT2D eigenvalue weighted by Gasteiger charge is 2.14. The van der Waals surface area contributed by atoms with Gasteiger partial charge in [0.1, 0.15) is 0 Å². The largest absolute Gasteiger partial charge is 0.469 e. The number of alkyl halides is 1. The number of methoxy groups -OCH3 is 2. The molecule has 4 nitrogen and oxygen atoms in total. The van der Waals surface area contributed by atoms with Crippen LogP contribution in [0.3, 0.4) is 0 Å². The van der Waals surface area contributed by atoms with Crippen molar-refractivity contribution in [2.24, 2.45) is 0 Å². The molecule has 0 aliphatic rings. The summed E-state index contributed by atoms with van der Waals surface area (Å²) in [6, 6.07) is 5.39. The van der Waals surface area contributed by atoms with Gasteiger partial charge in [-0.05, 0) is 23.6 Å². The molecular formula is C13H15BrO4. The van der Waals surface area contributed by atoms with Crippen LogP contribution in [-0.4, -0.2) is 26.2 Å². The Hall–Kier alpha value is -1.36. The average Bonchev–Trinajstić information content (AvgIpc) is 2.43. The van der Waals surface area contributed by atoms with Crippen LogP contribution in [0.2, 0.25) is 0 Å². The van der Waals surface area contributed by atoms with Crippen LogP contribution in [-0.2, 0) is 26.0 Å². The molecule has 0 fully saturated rings. The Balaban J connectivity index is 2.97. The Bertz CT molecular complexity index is 443. The van der Waals surface area contributed by atoms with Crippen molar-refractivity contribution in [3.63, 3.8) is 0 Å². The zero-order valence-electron chi connectivity index (χ0n) is 10.4. The fraction of sp³-hybridized carbons (Fsp3) is 0.385. The number of hydrogen-bond acceptors (Lipinski definition) is 4. The quantitative estimate of drug-likeness (QED) is 0.619. The van der Waals surface area contributed by atoms with Crippen molar-refractivity contribution in [2.45, 2.75) is 18.2 Å². The van der Waals surface area contributed by atoms with Gasteiger partial charge in [-0.1, -0.05) is 28.1 Å². The first-order chi connectivity index (χ1) is 8.63. The summed E-state index contributed by atoms with van der Waals surface area (Å²) < 4.78 is 9.33. The second kappa shape index (κ2) is 7.16. The van der Waals surface area contributed by atoms with Gasteiger partial charge in [0.15, 0.2) is 0 Å². The smallest absolute Gasteiger partial charge is 0.338 e. The summed E-state index contributed by atoms with van der Waals surface area (Å²) in [7, 11) is 2.71. The van der Waals surface area contributed by atoms with E-state index >= 15 is 0 Å². The number of benzene rings is 1. The maximum Gasteiger partial charge on any atom is 0.338 e. The summed E-state index contributed by atoms with van der Waals surface area (Å²) in [6.45, 7) is 0. The minimum atomic E-state index is -0.371. The number of carbonyl (C=O) groups is 2. The van der Waals surface area contributed by atoms with Crippen molar-refractivity contribution in [3.8, 4) is 0 Å². The SMILES string of the molecule is COC(=O)CCc1cccc(C(=O)OC)c1CBr. The number of esters is 2. The van der Waals surface area contributed by atoms with E-state index in [1.165, 1.54) is 14.2 Å². The van der Waals surface area contributed by atoms with Gasteiger partial charge < -0.3 is 9.47 Å². The lowest BCUT2D eigenvalue weighted by molar-refractivity contribution is -0.140. The topological polar surface area (TPSA) is 52.6 Å². The van der Waals surface area contributed by atoms with Gasteiger partial charge in [-0.3, -0.25) is 4.79 Å². The van der Waals surface area contributed by atoms with Gasteiger partial charge >= 0.3 is 11.9 Å². The molecule has 18 heavy (non-hydrogen) atoms. The Kier molecular flexibility index (Phi) is 5.85. The van der Waals surface area contributed by atoms with Crippen molar-refractivity contribution in [2.75, 3.05) is 14.2 Å². The summed E-state index contributed by atoms with van der Waals surface area (Å²) in [5, 5.41) is 0.536. The molecule has 1 aromatic rings. The van der Waals surface area contributed by atoms with Crippen LogP contribution >= 0.6 is 15.9 Å². The van der Waals surface area contributed by atoms with E-state index in [0.717, 1.165) is 11.1 Å². The molecule has 1 aromatic carbocycles. The van der Waals surface area contributed by atoms with E-state index in [-0.39, 0.29) is 11.9 Å². The maximum absolute atomic E-state index is 11.6.